The van der Waals surface area contributed by atoms with Crippen LogP contribution in [0.25, 0.3) is 0 Å². The fourth-order valence-electron chi connectivity index (χ4n) is 1.73. The summed E-state index contributed by atoms with van der Waals surface area (Å²) in [6.45, 7) is 1.73. The number of unbranched alkanes of at least 4 members (excludes halogenated alkanes) is 1. The maximum atomic E-state index is 14.2. The molecule has 0 aromatic heterocycles. The largest absolute Gasteiger partial charge is 0.325 e. The quantitative estimate of drug-likeness (QED) is 0.477. The Bertz CT molecular complexity index is 584. The Balaban J connectivity index is 3.32. The van der Waals surface area contributed by atoms with Gasteiger partial charge in [-0.15, -0.1) is 0 Å². The lowest BCUT2D eigenvalue weighted by Gasteiger charge is -2.31. The molecular formula is C12H17ClF2N3O2PS2. The van der Waals surface area contributed by atoms with Gasteiger partial charge < -0.3 is 0 Å². The maximum Gasteiger partial charge on any atom is 0.325 e. The number of carbonyl (C=O) groups is 1. The normalized spacial score (nSPS) is 12.3. The first-order valence-corrected chi connectivity index (χ1v) is 11.6. The number of nitrogens with zero attached hydrogens (tertiary/aromatic N) is 1. The molecule has 4 N–H and O–H groups in total. The van der Waals surface area contributed by atoms with Crippen molar-refractivity contribution in [1.29, 1.82) is 0 Å². The van der Waals surface area contributed by atoms with Crippen molar-refractivity contribution in [2.45, 2.75) is 32.1 Å². The minimum absolute atomic E-state index is 0.00481. The van der Waals surface area contributed by atoms with Crippen LogP contribution in [0.2, 0.25) is 5.02 Å². The van der Waals surface area contributed by atoms with Crippen LogP contribution < -0.4 is 14.9 Å². The summed E-state index contributed by atoms with van der Waals surface area (Å²) in [7, 11) is 0. The zero-order valence-corrected chi connectivity index (χ0v) is 15.5. The molecule has 0 spiro atoms. The van der Waals surface area contributed by atoms with Gasteiger partial charge in [0.25, 0.3) is 0 Å². The third kappa shape index (κ3) is 5.08. The molecule has 0 radical (unpaired) electrons. The van der Waals surface area contributed by atoms with Crippen molar-refractivity contribution < 1.29 is 18.1 Å². The second kappa shape index (κ2) is 8.69. The lowest BCUT2D eigenvalue weighted by atomic mass is 10.1. The van der Waals surface area contributed by atoms with Crippen LogP contribution in [-0.4, -0.2) is 11.8 Å². The molecule has 0 aliphatic heterocycles. The van der Waals surface area contributed by atoms with Crippen molar-refractivity contribution in [1.82, 2.24) is 0 Å². The van der Waals surface area contributed by atoms with Gasteiger partial charge in [-0.2, -0.15) is 8.78 Å². The highest BCUT2D eigenvalue weighted by molar-refractivity contribution is 8.90. The SMILES string of the molecule is CCCCC(F)(F)C(=O)N(c1ccc(Cl)cc1)P(=O)(SN)SN. The van der Waals surface area contributed by atoms with Crippen molar-refractivity contribution in [2.75, 3.05) is 4.67 Å². The molecule has 0 fully saturated rings. The van der Waals surface area contributed by atoms with Gasteiger partial charge in [0.2, 0.25) is 0 Å². The van der Waals surface area contributed by atoms with E-state index < -0.39 is 23.9 Å². The van der Waals surface area contributed by atoms with E-state index in [0.29, 0.717) is 16.1 Å². The van der Waals surface area contributed by atoms with Gasteiger partial charge in [-0.1, -0.05) is 24.9 Å². The molecular weight excluding hydrogens is 387 g/mol. The molecule has 11 heteroatoms. The summed E-state index contributed by atoms with van der Waals surface area (Å²) in [4.78, 5) is 12.4. The van der Waals surface area contributed by atoms with Gasteiger partial charge in [0.1, 0.15) is 0 Å². The number of carbonyl (C=O) groups excluding carboxylic acids is 1. The predicted octanol–water partition coefficient (Wildman–Crippen LogP) is 4.82. The maximum absolute atomic E-state index is 14.2. The smallest absolute Gasteiger partial charge is 0.273 e. The van der Waals surface area contributed by atoms with E-state index >= 15 is 0 Å². The first kappa shape index (κ1) is 20.7. The third-order valence-corrected chi connectivity index (χ3v) is 8.75. The molecule has 1 aromatic carbocycles. The molecule has 1 aromatic rings. The summed E-state index contributed by atoms with van der Waals surface area (Å²) >= 11 is 6.32. The molecule has 0 atom stereocenters. The molecule has 23 heavy (non-hydrogen) atoms. The van der Waals surface area contributed by atoms with Crippen molar-refractivity contribution >= 4 is 52.0 Å². The van der Waals surface area contributed by atoms with E-state index in [1.165, 1.54) is 24.3 Å². The number of anilines is 1. The standard InChI is InChI=1S/C12H17ClF2N3O2PS2/c1-2-3-8-12(14,15)11(19)18(21(20,22-16)23-17)10-6-4-9(13)5-7-10/h4-7H,2-3,8,16-17H2,1H3. The first-order chi connectivity index (χ1) is 10.7. The molecule has 1 amide bonds. The van der Waals surface area contributed by atoms with E-state index in [4.69, 9.17) is 21.9 Å². The topological polar surface area (TPSA) is 89.4 Å². The highest BCUT2D eigenvalue weighted by Gasteiger charge is 2.48. The monoisotopic (exact) mass is 403 g/mol. The Morgan fingerprint density at radius 3 is 2.26 bits per heavy atom. The van der Waals surface area contributed by atoms with Crippen LogP contribution in [0.4, 0.5) is 14.5 Å². The fourth-order valence-corrected chi connectivity index (χ4v) is 5.05. The van der Waals surface area contributed by atoms with E-state index in [2.05, 4.69) is 0 Å². The van der Waals surface area contributed by atoms with Crippen molar-refractivity contribution in [2.24, 2.45) is 10.3 Å². The summed E-state index contributed by atoms with van der Waals surface area (Å²) in [5.41, 5.74) is -3.87. The molecule has 1 rings (SSSR count). The Morgan fingerprint density at radius 2 is 1.83 bits per heavy atom. The van der Waals surface area contributed by atoms with Gasteiger partial charge in [0.05, 0.1) is 5.69 Å². The minimum atomic E-state index is -3.86. The molecule has 0 unspecified atom stereocenters. The number of benzene rings is 1. The van der Waals surface area contributed by atoms with E-state index in [-0.39, 0.29) is 35.2 Å². The van der Waals surface area contributed by atoms with Gasteiger partial charge in [-0.3, -0.25) is 19.6 Å². The van der Waals surface area contributed by atoms with E-state index in [1.807, 2.05) is 0 Å². The number of alkyl halides is 2. The van der Waals surface area contributed by atoms with Crippen LogP contribution in [0.3, 0.4) is 0 Å². The summed E-state index contributed by atoms with van der Waals surface area (Å²) in [5, 5.41) is 11.1. The van der Waals surface area contributed by atoms with Crippen LogP contribution in [-0.2, 0) is 9.36 Å². The zero-order valence-electron chi connectivity index (χ0n) is 12.2. The summed E-state index contributed by atoms with van der Waals surface area (Å²) in [6.07, 6.45) is 0.0126. The number of halogens is 3. The van der Waals surface area contributed by atoms with E-state index in [1.54, 1.807) is 6.92 Å². The lowest BCUT2D eigenvalue weighted by Crippen LogP contribution is -2.41. The van der Waals surface area contributed by atoms with Gasteiger partial charge in [0, 0.05) is 34.6 Å². The Kier molecular flexibility index (Phi) is 7.83. The summed E-state index contributed by atoms with van der Waals surface area (Å²) < 4.78 is 41.6. The van der Waals surface area contributed by atoms with Crippen LogP contribution >= 0.6 is 40.4 Å². The second-order valence-electron chi connectivity index (χ2n) is 4.58. The van der Waals surface area contributed by atoms with Crippen LogP contribution in [0.5, 0.6) is 0 Å². The average Bonchev–Trinajstić information content (AvgIpc) is 2.54. The van der Waals surface area contributed by atoms with Gasteiger partial charge in [-0.05, 0) is 30.7 Å². The van der Waals surface area contributed by atoms with Crippen molar-refractivity contribution in [3.63, 3.8) is 0 Å². The zero-order chi connectivity index (χ0) is 17.7. The second-order valence-corrected chi connectivity index (χ2v) is 11.7. The van der Waals surface area contributed by atoms with Crippen molar-refractivity contribution in [3.05, 3.63) is 29.3 Å². The first-order valence-electron chi connectivity index (χ1n) is 6.57. The molecule has 0 aliphatic rings. The highest BCUT2D eigenvalue weighted by atomic mass is 35.5. The minimum Gasteiger partial charge on any atom is -0.273 e. The Hall–Kier alpha value is -0.310. The molecule has 0 bridgehead atoms. The number of hydrogen-bond acceptors (Lipinski definition) is 6. The molecule has 0 heterocycles. The molecule has 0 aliphatic carbocycles. The number of nitrogens with two attached hydrogens (primary N) is 2. The fraction of sp³-hybridized carbons (Fsp3) is 0.417. The Morgan fingerprint density at radius 1 is 1.30 bits per heavy atom. The number of amides is 1. The van der Waals surface area contributed by atoms with Crippen molar-refractivity contribution in [3.8, 4) is 0 Å². The average molecular weight is 404 g/mol. The molecule has 0 saturated carbocycles. The predicted molar refractivity (Wildman–Crippen MR) is 94.6 cm³/mol. The van der Waals surface area contributed by atoms with Gasteiger partial charge >= 0.3 is 17.5 Å². The van der Waals surface area contributed by atoms with Gasteiger partial charge in [-0.25, -0.2) is 4.67 Å². The summed E-state index contributed by atoms with van der Waals surface area (Å²) in [5.74, 6) is -5.26. The Labute approximate surface area is 146 Å². The summed E-state index contributed by atoms with van der Waals surface area (Å²) in [6, 6.07) is 5.42. The third-order valence-electron chi connectivity index (χ3n) is 2.93. The highest BCUT2D eigenvalue weighted by Crippen LogP contribution is 2.68. The molecule has 5 nitrogen and oxygen atoms in total. The molecule has 130 valence electrons. The number of hydrogen-bond donors (Lipinski definition) is 2. The van der Waals surface area contributed by atoms with Crippen LogP contribution in [0.1, 0.15) is 26.2 Å². The lowest BCUT2D eigenvalue weighted by molar-refractivity contribution is -0.142. The number of rotatable bonds is 8. The molecule has 0 saturated heterocycles. The van der Waals surface area contributed by atoms with E-state index in [0.717, 1.165) is 0 Å². The van der Waals surface area contributed by atoms with Gasteiger partial charge in [0.15, 0.2) is 0 Å². The van der Waals surface area contributed by atoms with Crippen LogP contribution in [0, 0.1) is 0 Å². The van der Waals surface area contributed by atoms with Crippen LogP contribution in [0.15, 0.2) is 24.3 Å². The van der Waals surface area contributed by atoms with E-state index in [9.17, 15) is 18.1 Å².